The van der Waals surface area contributed by atoms with Crippen LogP contribution in [0.2, 0.25) is 0 Å². The molecule has 0 saturated carbocycles. The Hall–Kier alpha value is -0.910. The Labute approximate surface area is 105 Å². The zero-order chi connectivity index (χ0) is 11.9. The van der Waals surface area contributed by atoms with E-state index in [1.807, 2.05) is 0 Å². The average molecular weight is 254 g/mol. The number of hydrogen-bond donors (Lipinski definition) is 2. The molecule has 94 valence electrons. The molecular weight excluding hydrogens is 236 g/mol. The summed E-state index contributed by atoms with van der Waals surface area (Å²) in [6.45, 7) is 3.07. The first-order chi connectivity index (χ1) is 8.34. The highest BCUT2D eigenvalue weighted by atomic mass is 32.1. The summed E-state index contributed by atoms with van der Waals surface area (Å²) in [5.41, 5.74) is 1.28. The van der Waals surface area contributed by atoms with Gasteiger partial charge in [0.25, 0.3) is 0 Å². The van der Waals surface area contributed by atoms with Gasteiger partial charge in [-0.05, 0) is 28.8 Å². The molecule has 0 radical (unpaired) electrons. The van der Waals surface area contributed by atoms with Gasteiger partial charge in [0.1, 0.15) is 0 Å². The lowest BCUT2D eigenvalue weighted by molar-refractivity contribution is -0.124. The third-order valence-electron chi connectivity index (χ3n) is 2.73. The van der Waals surface area contributed by atoms with Gasteiger partial charge in [-0.3, -0.25) is 4.79 Å². The standard InChI is InChI=1S/C12H18N2O2S/c15-12(7-11-8-13-4-5-16-11)14-3-1-10-2-6-17-9-10/h2,6,9,11,13H,1,3-5,7-8H2,(H,14,15). The lowest BCUT2D eigenvalue weighted by Gasteiger charge is -2.23. The summed E-state index contributed by atoms with van der Waals surface area (Å²) in [5, 5.41) is 10.3. The largest absolute Gasteiger partial charge is 0.375 e. The average Bonchev–Trinajstić information content (AvgIpc) is 2.83. The third kappa shape index (κ3) is 4.46. The molecule has 1 amide bonds. The highest BCUT2D eigenvalue weighted by Crippen LogP contribution is 2.06. The molecule has 0 bridgehead atoms. The molecule has 2 N–H and O–H groups in total. The maximum absolute atomic E-state index is 11.6. The molecule has 1 aliphatic heterocycles. The number of hydrogen-bond acceptors (Lipinski definition) is 4. The molecule has 1 atom stereocenters. The first-order valence-electron chi connectivity index (χ1n) is 5.94. The Bertz CT molecular complexity index is 334. The molecule has 1 fully saturated rings. The van der Waals surface area contributed by atoms with Crippen LogP contribution in [0.25, 0.3) is 0 Å². The lowest BCUT2D eigenvalue weighted by Crippen LogP contribution is -2.41. The minimum Gasteiger partial charge on any atom is -0.375 e. The number of amides is 1. The molecule has 2 rings (SSSR count). The van der Waals surface area contributed by atoms with Crippen molar-refractivity contribution in [2.75, 3.05) is 26.2 Å². The SMILES string of the molecule is O=C(CC1CNCCO1)NCCc1ccsc1. The summed E-state index contributed by atoms with van der Waals surface area (Å²) in [5.74, 6) is 0.0777. The quantitative estimate of drug-likeness (QED) is 0.816. The van der Waals surface area contributed by atoms with Crippen molar-refractivity contribution in [1.29, 1.82) is 0 Å². The fourth-order valence-corrected chi connectivity index (χ4v) is 2.51. The van der Waals surface area contributed by atoms with Gasteiger partial charge in [-0.2, -0.15) is 11.3 Å². The number of ether oxygens (including phenoxy) is 1. The predicted octanol–water partition coefficient (Wildman–Crippen LogP) is 0.785. The molecule has 1 unspecified atom stereocenters. The Balaban J connectivity index is 1.60. The molecular formula is C12H18N2O2S. The van der Waals surface area contributed by atoms with Gasteiger partial charge in [-0.15, -0.1) is 0 Å². The van der Waals surface area contributed by atoms with Crippen molar-refractivity contribution >= 4 is 17.2 Å². The second-order valence-electron chi connectivity index (χ2n) is 4.13. The number of morpholine rings is 1. The van der Waals surface area contributed by atoms with Gasteiger partial charge in [0.15, 0.2) is 0 Å². The number of carbonyl (C=O) groups excluding carboxylic acids is 1. The van der Waals surface area contributed by atoms with E-state index in [4.69, 9.17) is 4.74 Å². The molecule has 0 aliphatic carbocycles. The van der Waals surface area contributed by atoms with Gasteiger partial charge in [0.2, 0.25) is 5.91 Å². The fourth-order valence-electron chi connectivity index (χ4n) is 1.81. The van der Waals surface area contributed by atoms with Crippen molar-refractivity contribution in [2.24, 2.45) is 0 Å². The molecule has 5 heteroatoms. The number of thiophene rings is 1. The van der Waals surface area contributed by atoms with Crippen molar-refractivity contribution in [3.63, 3.8) is 0 Å². The van der Waals surface area contributed by atoms with E-state index < -0.39 is 0 Å². The predicted molar refractivity (Wildman–Crippen MR) is 68.3 cm³/mol. The minimum absolute atomic E-state index is 0.0323. The molecule has 0 spiro atoms. The van der Waals surface area contributed by atoms with E-state index in [1.54, 1.807) is 11.3 Å². The van der Waals surface area contributed by atoms with Gasteiger partial charge >= 0.3 is 0 Å². The van der Waals surface area contributed by atoms with E-state index >= 15 is 0 Å². The summed E-state index contributed by atoms with van der Waals surface area (Å²) in [4.78, 5) is 11.6. The van der Waals surface area contributed by atoms with E-state index in [2.05, 4.69) is 27.5 Å². The fraction of sp³-hybridized carbons (Fsp3) is 0.583. The summed E-state index contributed by atoms with van der Waals surface area (Å²) < 4.78 is 5.48. The number of rotatable bonds is 5. The van der Waals surface area contributed by atoms with Crippen LogP contribution in [-0.2, 0) is 16.0 Å². The molecule has 1 aliphatic rings. The summed E-state index contributed by atoms with van der Waals surface area (Å²) in [6, 6.07) is 2.09. The highest BCUT2D eigenvalue weighted by molar-refractivity contribution is 7.07. The highest BCUT2D eigenvalue weighted by Gasteiger charge is 2.16. The van der Waals surface area contributed by atoms with E-state index in [0.29, 0.717) is 19.6 Å². The van der Waals surface area contributed by atoms with E-state index in [1.165, 1.54) is 5.56 Å². The summed E-state index contributed by atoms with van der Waals surface area (Å²) in [6.07, 6.45) is 1.39. The van der Waals surface area contributed by atoms with Crippen LogP contribution in [0, 0.1) is 0 Å². The van der Waals surface area contributed by atoms with Crippen LogP contribution in [-0.4, -0.2) is 38.3 Å². The minimum atomic E-state index is 0.0323. The molecule has 4 nitrogen and oxygen atoms in total. The zero-order valence-corrected chi connectivity index (χ0v) is 10.6. The van der Waals surface area contributed by atoms with Crippen molar-refractivity contribution < 1.29 is 9.53 Å². The smallest absolute Gasteiger partial charge is 0.222 e. The molecule has 1 aromatic rings. The monoisotopic (exact) mass is 254 g/mol. The molecule has 0 aromatic carbocycles. The van der Waals surface area contributed by atoms with Gasteiger partial charge in [-0.1, -0.05) is 0 Å². The zero-order valence-electron chi connectivity index (χ0n) is 9.78. The number of nitrogens with one attached hydrogen (secondary N) is 2. The van der Waals surface area contributed by atoms with Crippen LogP contribution in [0.1, 0.15) is 12.0 Å². The Morgan fingerprint density at radius 1 is 1.65 bits per heavy atom. The van der Waals surface area contributed by atoms with E-state index in [-0.39, 0.29) is 12.0 Å². The van der Waals surface area contributed by atoms with Crippen LogP contribution < -0.4 is 10.6 Å². The number of carbonyl (C=O) groups is 1. The van der Waals surface area contributed by atoms with Crippen molar-refractivity contribution in [1.82, 2.24) is 10.6 Å². The first kappa shape index (κ1) is 12.5. The Morgan fingerprint density at radius 2 is 2.59 bits per heavy atom. The summed E-state index contributed by atoms with van der Waals surface area (Å²) in [7, 11) is 0. The second kappa shape index (κ2) is 6.74. The Kier molecular flexibility index (Phi) is 4.97. The van der Waals surface area contributed by atoms with Crippen molar-refractivity contribution in [3.05, 3.63) is 22.4 Å². The normalized spacial score (nSPS) is 20.1. The molecule has 17 heavy (non-hydrogen) atoms. The van der Waals surface area contributed by atoms with Crippen LogP contribution in [0.5, 0.6) is 0 Å². The van der Waals surface area contributed by atoms with Crippen molar-refractivity contribution in [3.8, 4) is 0 Å². The van der Waals surface area contributed by atoms with E-state index in [0.717, 1.165) is 19.5 Å². The molecule has 1 saturated heterocycles. The van der Waals surface area contributed by atoms with Crippen LogP contribution in [0.3, 0.4) is 0 Å². The maximum Gasteiger partial charge on any atom is 0.222 e. The lowest BCUT2D eigenvalue weighted by atomic mass is 10.2. The molecule has 1 aromatic heterocycles. The van der Waals surface area contributed by atoms with Crippen LogP contribution in [0.15, 0.2) is 16.8 Å². The summed E-state index contributed by atoms with van der Waals surface area (Å²) >= 11 is 1.69. The van der Waals surface area contributed by atoms with Gasteiger partial charge < -0.3 is 15.4 Å². The third-order valence-corrected chi connectivity index (χ3v) is 3.47. The van der Waals surface area contributed by atoms with Gasteiger partial charge in [-0.25, -0.2) is 0 Å². The Morgan fingerprint density at radius 3 is 3.29 bits per heavy atom. The van der Waals surface area contributed by atoms with Crippen LogP contribution >= 0.6 is 11.3 Å². The van der Waals surface area contributed by atoms with Crippen molar-refractivity contribution in [2.45, 2.75) is 18.9 Å². The van der Waals surface area contributed by atoms with Gasteiger partial charge in [0.05, 0.1) is 19.1 Å². The van der Waals surface area contributed by atoms with E-state index in [9.17, 15) is 4.79 Å². The first-order valence-corrected chi connectivity index (χ1v) is 6.89. The second-order valence-corrected chi connectivity index (χ2v) is 4.91. The van der Waals surface area contributed by atoms with Crippen LogP contribution in [0.4, 0.5) is 0 Å². The maximum atomic E-state index is 11.6. The topological polar surface area (TPSA) is 50.4 Å². The van der Waals surface area contributed by atoms with Gasteiger partial charge in [0, 0.05) is 19.6 Å². The molecule has 2 heterocycles.